The van der Waals surface area contributed by atoms with Crippen molar-refractivity contribution in [3.8, 4) is 0 Å². The predicted molar refractivity (Wildman–Crippen MR) is 84.4 cm³/mol. The zero-order valence-electron chi connectivity index (χ0n) is 12.5. The lowest BCUT2D eigenvalue weighted by Crippen LogP contribution is -2.37. The second kappa shape index (κ2) is 6.23. The first-order chi connectivity index (χ1) is 9.89. The van der Waals surface area contributed by atoms with Crippen LogP contribution < -0.4 is 5.73 Å². The lowest BCUT2D eigenvalue weighted by molar-refractivity contribution is 0.448. The van der Waals surface area contributed by atoms with E-state index < -0.39 is 5.54 Å². The highest BCUT2D eigenvalue weighted by atomic mass is 79.9. The molecule has 1 atom stereocenters. The molecule has 2 aromatic heterocycles. The zero-order chi connectivity index (χ0) is 15.6. The summed E-state index contributed by atoms with van der Waals surface area (Å²) in [6.07, 6.45) is 2.63. The van der Waals surface area contributed by atoms with Crippen molar-refractivity contribution in [3.63, 3.8) is 0 Å². The number of nitrogens with two attached hydrogens (primary N) is 1. The lowest BCUT2D eigenvalue weighted by atomic mass is 9.92. The molecule has 0 spiro atoms. The number of aromatic nitrogens is 3. The molecular weight excluding hydrogens is 335 g/mol. The Labute approximate surface area is 132 Å². The van der Waals surface area contributed by atoms with Crippen LogP contribution in [0.2, 0.25) is 0 Å². The van der Waals surface area contributed by atoms with E-state index in [-0.39, 0.29) is 5.82 Å². The third-order valence-corrected chi connectivity index (χ3v) is 4.46. The number of nitrogens with zero attached hydrogens (tertiary/aromatic N) is 3. The molecule has 2 aromatic rings. The number of aryl methyl sites for hydroxylation is 2. The molecule has 114 valence electrons. The van der Waals surface area contributed by atoms with Crippen molar-refractivity contribution in [3.05, 3.63) is 45.7 Å². The van der Waals surface area contributed by atoms with Crippen molar-refractivity contribution in [2.75, 3.05) is 0 Å². The maximum absolute atomic E-state index is 13.0. The minimum atomic E-state index is -0.686. The normalized spacial score (nSPS) is 14.2. The second-order valence-electron chi connectivity index (χ2n) is 5.33. The minimum absolute atomic E-state index is 0.359. The smallest absolute Gasteiger partial charge is 0.141 e. The molecule has 4 nitrogen and oxygen atoms in total. The van der Waals surface area contributed by atoms with Crippen LogP contribution in [0.3, 0.4) is 0 Å². The molecule has 0 fully saturated rings. The van der Waals surface area contributed by atoms with E-state index in [1.165, 1.54) is 12.3 Å². The Morgan fingerprint density at radius 2 is 2.10 bits per heavy atom. The first-order valence-electron chi connectivity index (χ1n) is 7.04. The van der Waals surface area contributed by atoms with Crippen LogP contribution in [-0.4, -0.2) is 14.8 Å². The Hall–Kier alpha value is -1.27. The topological polar surface area (TPSA) is 56.7 Å². The molecule has 2 heterocycles. The van der Waals surface area contributed by atoms with Crippen LogP contribution in [0.5, 0.6) is 0 Å². The number of halogens is 2. The first-order valence-corrected chi connectivity index (χ1v) is 7.83. The summed E-state index contributed by atoms with van der Waals surface area (Å²) in [5, 5.41) is 4.57. The third kappa shape index (κ3) is 3.32. The van der Waals surface area contributed by atoms with Gasteiger partial charge in [0, 0.05) is 13.0 Å². The molecule has 0 radical (unpaired) electrons. The molecule has 0 aliphatic rings. The van der Waals surface area contributed by atoms with Gasteiger partial charge in [0.25, 0.3) is 0 Å². The Morgan fingerprint density at radius 1 is 1.38 bits per heavy atom. The van der Waals surface area contributed by atoms with Crippen molar-refractivity contribution < 1.29 is 4.39 Å². The molecule has 0 bridgehead atoms. The van der Waals surface area contributed by atoms with Gasteiger partial charge in [0.05, 0.1) is 33.3 Å². The maximum atomic E-state index is 13.0. The van der Waals surface area contributed by atoms with Gasteiger partial charge in [0.1, 0.15) is 5.82 Å². The molecule has 0 aromatic carbocycles. The summed E-state index contributed by atoms with van der Waals surface area (Å²) in [6, 6.07) is 3.02. The summed E-state index contributed by atoms with van der Waals surface area (Å²) in [5.74, 6) is -0.359. The van der Waals surface area contributed by atoms with Gasteiger partial charge < -0.3 is 5.73 Å². The van der Waals surface area contributed by atoms with E-state index in [2.05, 4.69) is 32.9 Å². The van der Waals surface area contributed by atoms with Crippen LogP contribution in [0.25, 0.3) is 0 Å². The average Bonchev–Trinajstić information content (AvgIpc) is 2.75. The van der Waals surface area contributed by atoms with Crippen LogP contribution in [0.1, 0.15) is 37.9 Å². The molecule has 0 amide bonds. The summed E-state index contributed by atoms with van der Waals surface area (Å²) >= 11 is 3.62. The molecule has 0 aliphatic carbocycles. The van der Waals surface area contributed by atoms with Crippen LogP contribution in [0.4, 0.5) is 4.39 Å². The summed E-state index contributed by atoms with van der Waals surface area (Å²) in [5.41, 5.74) is 8.46. The van der Waals surface area contributed by atoms with E-state index in [0.717, 1.165) is 28.8 Å². The number of hydrogen-bond acceptors (Lipinski definition) is 3. The van der Waals surface area contributed by atoms with Crippen molar-refractivity contribution in [2.45, 2.75) is 45.7 Å². The van der Waals surface area contributed by atoms with Gasteiger partial charge in [-0.05, 0) is 48.3 Å². The van der Waals surface area contributed by atoms with Crippen LogP contribution >= 0.6 is 15.9 Å². The van der Waals surface area contributed by atoms with Crippen molar-refractivity contribution in [1.82, 2.24) is 14.8 Å². The molecule has 2 rings (SSSR count). The van der Waals surface area contributed by atoms with Crippen LogP contribution in [0.15, 0.2) is 22.8 Å². The summed E-state index contributed by atoms with van der Waals surface area (Å²) < 4.78 is 16.0. The number of hydrogen-bond donors (Lipinski definition) is 1. The molecule has 6 heteroatoms. The molecule has 2 N–H and O–H groups in total. The van der Waals surface area contributed by atoms with Crippen molar-refractivity contribution in [1.29, 1.82) is 0 Å². The molecule has 1 unspecified atom stereocenters. The molecule has 0 saturated carbocycles. The zero-order valence-corrected chi connectivity index (χ0v) is 14.1. The monoisotopic (exact) mass is 354 g/mol. The van der Waals surface area contributed by atoms with Gasteiger partial charge in [-0.2, -0.15) is 5.10 Å². The Kier molecular flexibility index (Phi) is 4.78. The summed E-state index contributed by atoms with van der Waals surface area (Å²) in [7, 11) is 0. The van der Waals surface area contributed by atoms with Crippen molar-refractivity contribution in [2.24, 2.45) is 5.73 Å². The molecule has 0 saturated heterocycles. The lowest BCUT2D eigenvalue weighted by Gasteiger charge is -2.24. The van der Waals surface area contributed by atoms with Gasteiger partial charge in [-0.15, -0.1) is 0 Å². The van der Waals surface area contributed by atoms with Crippen LogP contribution in [-0.2, 0) is 24.9 Å². The van der Waals surface area contributed by atoms with Gasteiger partial charge in [0.15, 0.2) is 0 Å². The fraction of sp³-hybridized carbons (Fsp3) is 0.467. The number of rotatable bonds is 5. The van der Waals surface area contributed by atoms with Gasteiger partial charge in [-0.3, -0.25) is 9.67 Å². The van der Waals surface area contributed by atoms with E-state index in [4.69, 9.17) is 5.73 Å². The SMILES string of the molecule is CCc1nn(CC)c(CC(C)(N)c2ccc(F)cn2)c1Br. The quantitative estimate of drug-likeness (QED) is 0.896. The van der Waals surface area contributed by atoms with E-state index in [1.54, 1.807) is 6.07 Å². The first kappa shape index (κ1) is 16.1. The average molecular weight is 355 g/mol. The highest BCUT2D eigenvalue weighted by Crippen LogP contribution is 2.28. The van der Waals surface area contributed by atoms with E-state index in [9.17, 15) is 4.39 Å². The van der Waals surface area contributed by atoms with Gasteiger partial charge in [-0.25, -0.2) is 4.39 Å². The summed E-state index contributed by atoms with van der Waals surface area (Å²) in [4.78, 5) is 4.11. The summed E-state index contributed by atoms with van der Waals surface area (Å²) in [6.45, 7) is 6.80. The fourth-order valence-corrected chi connectivity index (χ4v) is 3.04. The second-order valence-corrected chi connectivity index (χ2v) is 6.13. The Morgan fingerprint density at radius 3 is 2.62 bits per heavy atom. The van der Waals surface area contributed by atoms with E-state index in [1.807, 2.05) is 18.5 Å². The highest BCUT2D eigenvalue weighted by Gasteiger charge is 2.27. The Balaban J connectivity index is 2.36. The van der Waals surface area contributed by atoms with Crippen molar-refractivity contribution >= 4 is 15.9 Å². The van der Waals surface area contributed by atoms with Gasteiger partial charge in [-0.1, -0.05) is 6.92 Å². The largest absolute Gasteiger partial charge is 0.320 e. The van der Waals surface area contributed by atoms with Gasteiger partial charge in [0.2, 0.25) is 0 Å². The minimum Gasteiger partial charge on any atom is -0.320 e. The maximum Gasteiger partial charge on any atom is 0.141 e. The van der Waals surface area contributed by atoms with E-state index in [0.29, 0.717) is 12.1 Å². The Bertz CT molecular complexity index is 619. The van der Waals surface area contributed by atoms with Gasteiger partial charge >= 0.3 is 0 Å². The van der Waals surface area contributed by atoms with Crippen LogP contribution in [0, 0.1) is 5.82 Å². The highest BCUT2D eigenvalue weighted by molar-refractivity contribution is 9.10. The number of pyridine rings is 1. The molecular formula is C15H20BrFN4. The molecule has 21 heavy (non-hydrogen) atoms. The predicted octanol–water partition coefficient (Wildman–Crippen LogP) is 3.18. The van der Waals surface area contributed by atoms with E-state index >= 15 is 0 Å². The standard InChI is InChI=1S/C15H20BrFN4/c1-4-11-14(16)12(21(5-2)20-11)8-15(3,18)13-7-6-10(17)9-19-13/h6-7,9H,4-5,8,18H2,1-3H3. The fourth-order valence-electron chi connectivity index (χ4n) is 2.34. The molecule has 0 aliphatic heterocycles. The third-order valence-electron chi connectivity index (χ3n) is 3.54.